The number of aromatic nitrogens is 2. The van der Waals surface area contributed by atoms with Crippen molar-refractivity contribution >= 4 is 29.2 Å². The maximum Gasteiger partial charge on any atom is 0.240 e. The van der Waals surface area contributed by atoms with Crippen LogP contribution in [0.15, 0.2) is 41.8 Å². The summed E-state index contributed by atoms with van der Waals surface area (Å²) in [6.07, 6.45) is 7.00. The van der Waals surface area contributed by atoms with Gasteiger partial charge in [0.25, 0.3) is 0 Å². The van der Waals surface area contributed by atoms with Crippen LogP contribution in [-0.2, 0) is 11.2 Å². The third-order valence-corrected chi connectivity index (χ3v) is 4.28. The van der Waals surface area contributed by atoms with E-state index in [-0.39, 0.29) is 11.8 Å². The number of hydrogen-bond donors (Lipinski definition) is 2. The fourth-order valence-corrected chi connectivity index (χ4v) is 3.03. The molecule has 1 amide bonds. The van der Waals surface area contributed by atoms with Crippen LogP contribution in [0.4, 0.5) is 11.5 Å². The van der Waals surface area contributed by atoms with Crippen LogP contribution in [0.2, 0.25) is 0 Å². The lowest BCUT2D eigenvalue weighted by atomic mass is 9.94. The first-order valence-corrected chi connectivity index (χ1v) is 7.95. The Morgan fingerprint density at radius 1 is 1.21 bits per heavy atom. The van der Waals surface area contributed by atoms with Crippen LogP contribution in [0.1, 0.15) is 30.2 Å². The van der Waals surface area contributed by atoms with Crippen LogP contribution < -0.4 is 10.7 Å². The molecule has 0 radical (unpaired) electrons. The van der Waals surface area contributed by atoms with Crippen molar-refractivity contribution in [3.63, 3.8) is 0 Å². The molecule has 120 valence electrons. The molecule has 6 nitrogen and oxygen atoms in total. The van der Waals surface area contributed by atoms with Gasteiger partial charge in [-0.1, -0.05) is 25.1 Å². The molecular formula is C18H17N5O. The highest BCUT2D eigenvalue weighted by molar-refractivity contribution is 6.05. The molecule has 1 aliphatic carbocycles. The molecule has 0 saturated heterocycles. The molecule has 0 spiro atoms. The van der Waals surface area contributed by atoms with E-state index in [1.807, 2.05) is 37.3 Å². The Morgan fingerprint density at radius 2 is 2.04 bits per heavy atom. The normalized spacial score (nSPS) is 18.8. The van der Waals surface area contributed by atoms with Gasteiger partial charge in [-0.15, -0.1) is 0 Å². The number of benzene rings is 1. The van der Waals surface area contributed by atoms with Crippen molar-refractivity contribution in [2.75, 3.05) is 5.32 Å². The van der Waals surface area contributed by atoms with E-state index in [0.29, 0.717) is 6.42 Å². The second kappa shape index (κ2) is 5.88. The van der Waals surface area contributed by atoms with Crippen molar-refractivity contribution in [1.82, 2.24) is 15.4 Å². The summed E-state index contributed by atoms with van der Waals surface area (Å²) in [5.41, 5.74) is 7.54. The monoisotopic (exact) mass is 319 g/mol. The molecule has 2 aliphatic rings. The quantitative estimate of drug-likeness (QED) is 0.911. The van der Waals surface area contributed by atoms with Crippen molar-refractivity contribution in [1.29, 1.82) is 0 Å². The summed E-state index contributed by atoms with van der Waals surface area (Å²) in [5.74, 6) is 0.929. The first-order chi connectivity index (χ1) is 11.7. The number of nitrogens with zero attached hydrogens (tertiary/aromatic N) is 3. The lowest BCUT2D eigenvalue weighted by Gasteiger charge is -2.19. The largest absolute Gasteiger partial charge is 0.340 e. The van der Waals surface area contributed by atoms with Gasteiger partial charge in [0.05, 0.1) is 11.4 Å². The lowest BCUT2D eigenvalue weighted by Crippen LogP contribution is -2.31. The molecule has 0 saturated carbocycles. The molecule has 24 heavy (non-hydrogen) atoms. The highest BCUT2D eigenvalue weighted by Crippen LogP contribution is 2.26. The van der Waals surface area contributed by atoms with Gasteiger partial charge in [-0.2, -0.15) is 5.10 Å². The number of rotatable bonds is 3. The third-order valence-electron chi connectivity index (χ3n) is 4.28. The molecule has 1 unspecified atom stereocenters. The van der Waals surface area contributed by atoms with Crippen LogP contribution in [0.5, 0.6) is 0 Å². The van der Waals surface area contributed by atoms with Crippen molar-refractivity contribution in [3.8, 4) is 0 Å². The Balaban J connectivity index is 1.55. The average molecular weight is 319 g/mol. The average Bonchev–Trinajstić information content (AvgIpc) is 3.06. The summed E-state index contributed by atoms with van der Waals surface area (Å²) < 4.78 is 0. The molecule has 0 fully saturated rings. The highest BCUT2D eigenvalue weighted by Gasteiger charge is 2.21. The number of allylic oxidation sites excluding steroid dienone is 1. The van der Waals surface area contributed by atoms with Gasteiger partial charge in [-0.3, -0.25) is 4.79 Å². The van der Waals surface area contributed by atoms with E-state index in [2.05, 4.69) is 31.9 Å². The van der Waals surface area contributed by atoms with Gasteiger partial charge in [0, 0.05) is 23.6 Å². The zero-order valence-electron chi connectivity index (χ0n) is 13.3. The summed E-state index contributed by atoms with van der Waals surface area (Å²) in [5, 5.41) is 7.54. The summed E-state index contributed by atoms with van der Waals surface area (Å²) in [6.45, 7) is 2.01. The molecule has 2 N–H and O–H groups in total. The Labute approximate surface area is 139 Å². The molecule has 1 atom stereocenters. The number of fused-ring (bicyclic) bond motifs is 1. The molecule has 2 aromatic rings. The van der Waals surface area contributed by atoms with E-state index in [1.165, 1.54) is 0 Å². The van der Waals surface area contributed by atoms with Crippen LogP contribution in [0.3, 0.4) is 0 Å². The predicted molar refractivity (Wildman–Crippen MR) is 93.0 cm³/mol. The number of nitrogens with one attached hydrogen (secondary N) is 2. The van der Waals surface area contributed by atoms with E-state index >= 15 is 0 Å². The van der Waals surface area contributed by atoms with E-state index in [0.717, 1.165) is 40.5 Å². The van der Waals surface area contributed by atoms with Gasteiger partial charge >= 0.3 is 0 Å². The van der Waals surface area contributed by atoms with E-state index in [4.69, 9.17) is 0 Å². The fourth-order valence-electron chi connectivity index (χ4n) is 3.03. The Bertz CT molecular complexity index is 854. The Kier molecular flexibility index (Phi) is 3.57. The van der Waals surface area contributed by atoms with Gasteiger partial charge in [-0.25, -0.2) is 15.4 Å². The Morgan fingerprint density at radius 3 is 2.83 bits per heavy atom. The van der Waals surface area contributed by atoms with Crippen LogP contribution in [-0.4, -0.2) is 21.6 Å². The summed E-state index contributed by atoms with van der Waals surface area (Å²) in [6, 6.07) is 8.01. The minimum Gasteiger partial charge on any atom is -0.340 e. The van der Waals surface area contributed by atoms with Crippen molar-refractivity contribution in [2.45, 2.75) is 19.8 Å². The van der Waals surface area contributed by atoms with Gasteiger partial charge < -0.3 is 5.32 Å². The van der Waals surface area contributed by atoms with Crippen molar-refractivity contribution in [2.24, 2.45) is 11.0 Å². The second-order valence-electron chi connectivity index (χ2n) is 6.03. The second-order valence-corrected chi connectivity index (χ2v) is 6.03. The molecule has 1 aromatic carbocycles. The van der Waals surface area contributed by atoms with Gasteiger partial charge in [0.1, 0.15) is 12.1 Å². The summed E-state index contributed by atoms with van der Waals surface area (Å²) in [4.78, 5) is 20.0. The number of hydrazone groups is 1. The number of hydrogen-bond acceptors (Lipinski definition) is 5. The molecule has 1 aromatic heterocycles. The van der Waals surface area contributed by atoms with Gasteiger partial charge in [0.2, 0.25) is 5.91 Å². The first-order valence-electron chi connectivity index (χ1n) is 7.95. The van der Waals surface area contributed by atoms with Crippen LogP contribution in [0.25, 0.3) is 6.08 Å². The summed E-state index contributed by atoms with van der Waals surface area (Å²) in [7, 11) is 0. The molecule has 0 bridgehead atoms. The van der Waals surface area contributed by atoms with Gasteiger partial charge in [-0.05, 0) is 30.2 Å². The lowest BCUT2D eigenvalue weighted by molar-refractivity contribution is -0.121. The molecule has 4 rings (SSSR count). The minimum absolute atomic E-state index is 0.0317. The molecule has 6 heteroatoms. The minimum atomic E-state index is -0.0317. The topological polar surface area (TPSA) is 79.3 Å². The van der Waals surface area contributed by atoms with Crippen LogP contribution in [0, 0.1) is 5.92 Å². The third kappa shape index (κ3) is 2.67. The number of carbonyl (C=O) groups is 1. The van der Waals surface area contributed by atoms with Crippen molar-refractivity contribution < 1.29 is 4.79 Å². The van der Waals surface area contributed by atoms with Gasteiger partial charge in [0.15, 0.2) is 0 Å². The number of amides is 1. The highest BCUT2D eigenvalue weighted by atomic mass is 16.2. The standard InChI is InChI=1S/C18H17N5O/c1-11-9-16(24)22-23-17(11)12-5-7-13(8-6-12)21-18-14-3-2-4-15(14)19-10-20-18/h2,4-8,10-11H,3,9H2,1H3,(H,22,24)(H,19,20,21). The Hall–Kier alpha value is -3.02. The maximum absolute atomic E-state index is 11.4. The summed E-state index contributed by atoms with van der Waals surface area (Å²) >= 11 is 0. The van der Waals surface area contributed by atoms with Crippen molar-refractivity contribution in [3.05, 3.63) is 53.5 Å². The number of anilines is 2. The van der Waals surface area contributed by atoms with E-state index in [9.17, 15) is 4.79 Å². The molecule has 1 aliphatic heterocycles. The van der Waals surface area contributed by atoms with E-state index in [1.54, 1.807) is 6.33 Å². The smallest absolute Gasteiger partial charge is 0.240 e. The molecule has 2 heterocycles. The maximum atomic E-state index is 11.4. The van der Waals surface area contributed by atoms with Crippen LogP contribution >= 0.6 is 0 Å². The predicted octanol–water partition coefficient (Wildman–Crippen LogP) is 2.65. The first kappa shape index (κ1) is 14.6. The zero-order chi connectivity index (χ0) is 16.5. The fraction of sp³-hybridized carbons (Fsp3) is 0.222. The zero-order valence-corrected chi connectivity index (χ0v) is 13.3. The SMILES string of the molecule is CC1CC(=O)NN=C1c1ccc(Nc2ncnc3c2CC=C3)cc1. The molecular weight excluding hydrogens is 302 g/mol. The van der Waals surface area contributed by atoms with E-state index < -0.39 is 0 Å². The number of carbonyl (C=O) groups excluding carboxylic acids is 1.